The van der Waals surface area contributed by atoms with Gasteiger partial charge in [0.15, 0.2) is 0 Å². The van der Waals surface area contributed by atoms with E-state index in [1.54, 1.807) is 12.1 Å². The molecule has 0 fully saturated rings. The van der Waals surface area contributed by atoms with Crippen LogP contribution in [0.1, 0.15) is 21.5 Å². The molecule has 1 amide bonds. The summed E-state index contributed by atoms with van der Waals surface area (Å²) in [7, 11) is 1.45. The third kappa shape index (κ3) is 3.75. The highest BCUT2D eigenvalue weighted by atomic mass is 19.4. The van der Waals surface area contributed by atoms with Gasteiger partial charge in [-0.15, -0.1) is 0 Å². The maximum Gasteiger partial charge on any atom is 0.417 e. The lowest BCUT2D eigenvalue weighted by molar-refractivity contribution is -0.137. The number of pyridine rings is 1. The smallest absolute Gasteiger partial charge is 0.417 e. The zero-order valence-corrected chi connectivity index (χ0v) is 11.6. The van der Waals surface area contributed by atoms with Crippen molar-refractivity contribution < 1.29 is 22.7 Å². The Hall–Kier alpha value is -2.57. The molecule has 1 aromatic carbocycles. The molecule has 0 saturated heterocycles. The largest absolute Gasteiger partial charge is 0.481 e. The van der Waals surface area contributed by atoms with Gasteiger partial charge in [0, 0.05) is 18.8 Å². The van der Waals surface area contributed by atoms with Crippen molar-refractivity contribution in [3.8, 4) is 5.88 Å². The fourth-order valence-corrected chi connectivity index (χ4v) is 1.88. The zero-order chi connectivity index (χ0) is 16.2. The van der Waals surface area contributed by atoms with Crippen molar-refractivity contribution >= 4 is 5.91 Å². The minimum Gasteiger partial charge on any atom is -0.481 e. The summed E-state index contributed by atoms with van der Waals surface area (Å²) in [6.07, 6.45) is -3.09. The average molecular weight is 310 g/mol. The number of carbonyl (C=O) groups excluding carboxylic acids is 1. The molecule has 1 heterocycles. The third-order valence-electron chi connectivity index (χ3n) is 2.94. The Morgan fingerprint density at radius 2 is 2.00 bits per heavy atom. The first-order valence-corrected chi connectivity index (χ1v) is 6.35. The molecule has 0 bridgehead atoms. The molecule has 0 aliphatic carbocycles. The molecule has 2 rings (SSSR count). The van der Waals surface area contributed by atoms with E-state index in [0.717, 1.165) is 12.1 Å². The lowest BCUT2D eigenvalue weighted by Gasteiger charge is -2.12. The minimum atomic E-state index is -4.58. The molecule has 0 spiro atoms. The van der Waals surface area contributed by atoms with Gasteiger partial charge in [0.2, 0.25) is 5.88 Å². The van der Waals surface area contributed by atoms with Gasteiger partial charge in [-0.2, -0.15) is 13.2 Å². The van der Waals surface area contributed by atoms with E-state index in [9.17, 15) is 18.0 Å². The Morgan fingerprint density at radius 1 is 1.27 bits per heavy atom. The van der Waals surface area contributed by atoms with Crippen LogP contribution in [-0.2, 0) is 12.7 Å². The van der Waals surface area contributed by atoms with E-state index in [-0.39, 0.29) is 6.54 Å². The highest BCUT2D eigenvalue weighted by molar-refractivity contribution is 5.95. The van der Waals surface area contributed by atoms with Crippen LogP contribution in [0.4, 0.5) is 13.2 Å². The highest BCUT2D eigenvalue weighted by Crippen LogP contribution is 2.31. The number of hydrogen-bond acceptors (Lipinski definition) is 3. The van der Waals surface area contributed by atoms with Gasteiger partial charge in [0.1, 0.15) is 0 Å². The maximum absolute atomic E-state index is 12.9. The predicted molar refractivity (Wildman–Crippen MR) is 73.4 cm³/mol. The standard InChI is InChI=1S/C15H13F3N2O2/c1-22-13-8-10(6-7-19-13)9-20-14(21)11-4-2-3-5-12(11)15(16,17)18/h2-8H,9H2,1H3,(H,20,21). The van der Waals surface area contributed by atoms with Gasteiger partial charge in [0.25, 0.3) is 5.91 Å². The highest BCUT2D eigenvalue weighted by Gasteiger charge is 2.34. The number of amides is 1. The molecule has 0 unspecified atom stereocenters. The van der Waals surface area contributed by atoms with Crippen LogP contribution in [0.25, 0.3) is 0 Å². The number of benzene rings is 1. The maximum atomic E-state index is 12.9. The number of rotatable bonds is 4. The van der Waals surface area contributed by atoms with Gasteiger partial charge in [-0.05, 0) is 23.8 Å². The first-order chi connectivity index (χ1) is 10.4. The lowest BCUT2D eigenvalue weighted by atomic mass is 10.1. The van der Waals surface area contributed by atoms with E-state index < -0.39 is 23.2 Å². The molecule has 22 heavy (non-hydrogen) atoms. The molecule has 0 saturated carbocycles. The number of alkyl halides is 3. The SMILES string of the molecule is COc1cc(CNC(=O)c2ccccc2C(F)(F)F)ccn1. The molecule has 0 atom stereocenters. The van der Waals surface area contributed by atoms with Gasteiger partial charge >= 0.3 is 6.18 Å². The van der Waals surface area contributed by atoms with Crippen LogP contribution >= 0.6 is 0 Å². The van der Waals surface area contributed by atoms with Crippen molar-refractivity contribution in [2.45, 2.75) is 12.7 Å². The number of halogens is 3. The van der Waals surface area contributed by atoms with Crippen LogP contribution in [0.3, 0.4) is 0 Å². The van der Waals surface area contributed by atoms with Crippen molar-refractivity contribution in [3.63, 3.8) is 0 Å². The summed E-state index contributed by atoms with van der Waals surface area (Å²) < 4.78 is 43.5. The quantitative estimate of drug-likeness (QED) is 0.944. The summed E-state index contributed by atoms with van der Waals surface area (Å²) in [4.78, 5) is 15.9. The number of aromatic nitrogens is 1. The Kier molecular flexibility index (Phi) is 4.65. The molecule has 7 heteroatoms. The van der Waals surface area contributed by atoms with Crippen molar-refractivity contribution in [2.75, 3.05) is 7.11 Å². The van der Waals surface area contributed by atoms with Crippen molar-refractivity contribution in [3.05, 3.63) is 59.3 Å². The van der Waals surface area contributed by atoms with Crippen LogP contribution < -0.4 is 10.1 Å². The van der Waals surface area contributed by atoms with Crippen LogP contribution in [0, 0.1) is 0 Å². The average Bonchev–Trinajstić information content (AvgIpc) is 2.52. The first-order valence-electron chi connectivity index (χ1n) is 6.35. The van der Waals surface area contributed by atoms with Crippen LogP contribution in [0.2, 0.25) is 0 Å². The van der Waals surface area contributed by atoms with Crippen molar-refractivity contribution in [1.29, 1.82) is 0 Å². The predicted octanol–water partition coefficient (Wildman–Crippen LogP) is 3.04. The van der Waals surface area contributed by atoms with E-state index in [1.807, 2.05) is 0 Å². The van der Waals surface area contributed by atoms with Gasteiger partial charge < -0.3 is 10.1 Å². The fourth-order valence-electron chi connectivity index (χ4n) is 1.88. The number of carbonyl (C=O) groups is 1. The summed E-state index contributed by atoms with van der Waals surface area (Å²) in [6.45, 7) is 0.0733. The summed E-state index contributed by atoms with van der Waals surface area (Å²) in [5, 5.41) is 2.46. The molecular weight excluding hydrogens is 297 g/mol. The lowest BCUT2D eigenvalue weighted by Crippen LogP contribution is -2.25. The first kappa shape index (κ1) is 15.8. The minimum absolute atomic E-state index is 0.0733. The second-order valence-electron chi connectivity index (χ2n) is 4.43. The Labute approximate surface area is 124 Å². The monoisotopic (exact) mass is 310 g/mol. The number of methoxy groups -OCH3 is 1. The van der Waals surface area contributed by atoms with E-state index in [0.29, 0.717) is 11.4 Å². The molecule has 0 radical (unpaired) electrons. The van der Waals surface area contributed by atoms with Crippen molar-refractivity contribution in [2.24, 2.45) is 0 Å². The second kappa shape index (κ2) is 6.46. The van der Waals surface area contributed by atoms with Gasteiger partial charge in [0.05, 0.1) is 18.2 Å². The Morgan fingerprint density at radius 3 is 2.68 bits per heavy atom. The van der Waals surface area contributed by atoms with Gasteiger partial charge in [-0.1, -0.05) is 12.1 Å². The zero-order valence-electron chi connectivity index (χ0n) is 11.6. The molecule has 116 valence electrons. The summed E-state index contributed by atoms with van der Waals surface area (Å²) >= 11 is 0. The second-order valence-corrected chi connectivity index (χ2v) is 4.43. The van der Waals surface area contributed by atoms with E-state index in [2.05, 4.69) is 10.3 Å². The normalized spacial score (nSPS) is 11.1. The van der Waals surface area contributed by atoms with Crippen LogP contribution in [0.15, 0.2) is 42.6 Å². The summed E-state index contributed by atoms with van der Waals surface area (Å²) in [6, 6.07) is 7.89. The topological polar surface area (TPSA) is 51.2 Å². The van der Waals surface area contributed by atoms with Gasteiger partial charge in [-0.25, -0.2) is 4.98 Å². The molecule has 2 aromatic rings. The fraction of sp³-hybridized carbons (Fsp3) is 0.200. The van der Waals surface area contributed by atoms with Gasteiger partial charge in [-0.3, -0.25) is 4.79 Å². The Balaban J connectivity index is 2.13. The Bertz CT molecular complexity index is 672. The van der Waals surface area contributed by atoms with E-state index >= 15 is 0 Å². The molecular formula is C15H13F3N2O2. The van der Waals surface area contributed by atoms with Crippen LogP contribution in [0.5, 0.6) is 5.88 Å². The number of nitrogens with zero attached hydrogens (tertiary/aromatic N) is 1. The molecule has 1 aromatic heterocycles. The van der Waals surface area contributed by atoms with Crippen LogP contribution in [-0.4, -0.2) is 18.0 Å². The summed E-state index contributed by atoms with van der Waals surface area (Å²) in [5.74, 6) is -0.425. The molecule has 0 aliphatic rings. The molecule has 0 aliphatic heterocycles. The molecule has 1 N–H and O–H groups in total. The molecule has 4 nitrogen and oxygen atoms in total. The number of ether oxygens (including phenoxy) is 1. The van der Waals surface area contributed by atoms with E-state index in [1.165, 1.54) is 25.4 Å². The number of nitrogens with one attached hydrogen (secondary N) is 1. The van der Waals surface area contributed by atoms with E-state index in [4.69, 9.17) is 4.74 Å². The summed E-state index contributed by atoms with van der Waals surface area (Å²) in [5.41, 5.74) is -0.694. The number of hydrogen-bond donors (Lipinski definition) is 1. The van der Waals surface area contributed by atoms with Crippen molar-refractivity contribution in [1.82, 2.24) is 10.3 Å². The third-order valence-corrected chi connectivity index (χ3v) is 2.94.